The zero-order valence-corrected chi connectivity index (χ0v) is 14.5. The summed E-state index contributed by atoms with van der Waals surface area (Å²) in [6, 6.07) is 9.87. The van der Waals surface area contributed by atoms with Crippen molar-refractivity contribution in [2.75, 3.05) is 0 Å². The van der Waals surface area contributed by atoms with Crippen LogP contribution in [0, 0.1) is 5.92 Å². The lowest BCUT2D eigenvalue weighted by Crippen LogP contribution is -2.13. The Kier molecular flexibility index (Phi) is 7.80. The molecule has 2 atom stereocenters. The summed E-state index contributed by atoms with van der Waals surface area (Å²) in [6.45, 7) is 2.63. The molecule has 3 N–H and O–H groups in total. The predicted octanol–water partition coefficient (Wildman–Crippen LogP) is 4.45. The summed E-state index contributed by atoms with van der Waals surface area (Å²) in [5.41, 5.74) is 9.46. The smallest absolute Gasteiger partial charge is 0.174 e. The van der Waals surface area contributed by atoms with E-state index in [4.69, 9.17) is 10.5 Å². The van der Waals surface area contributed by atoms with E-state index in [0.717, 1.165) is 30.5 Å². The topological polar surface area (TPSA) is 55.5 Å². The molecule has 1 aromatic rings. The van der Waals surface area contributed by atoms with E-state index in [-0.39, 0.29) is 0 Å². The summed E-state index contributed by atoms with van der Waals surface area (Å²) in [7, 11) is 0. The second-order valence-corrected chi connectivity index (χ2v) is 6.33. The van der Waals surface area contributed by atoms with Gasteiger partial charge in [-0.25, -0.2) is 0 Å². The van der Waals surface area contributed by atoms with Gasteiger partial charge in [0.05, 0.1) is 6.61 Å². The molecule has 0 aromatic heterocycles. The lowest BCUT2D eigenvalue weighted by Gasteiger charge is -2.23. The lowest BCUT2D eigenvalue weighted by molar-refractivity contribution is -0.0734. The Morgan fingerprint density at radius 1 is 1.29 bits per heavy atom. The van der Waals surface area contributed by atoms with Gasteiger partial charge in [0.25, 0.3) is 0 Å². The van der Waals surface area contributed by atoms with Crippen LogP contribution in [0.3, 0.4) is 0 Å². The van der Waals surface area contributed by atoms with Crippen molar-refractivity contribution in [2.45, 2.75) is 51.9 Å². The molecular formula is C21H29NO2. The largest absolute Gasteiger partial charge is 0.402 e. The first-order chi connectivity index (χ1) is 11.7. The fourth-order valence-corrected chi connectivity index (χ4v) is 3.03. The zero-order valence-electron chi connectivity index (χ0n) is 14.5. The summed E-state index contributed by atoms with van der Waals surface area (Å²) >= 11 is 0. The fourth-order valence-electron chi connectivity index (χ4n) is 3.03. The summed E-state index contributed by atoms with van der Waals surface area (Å²) in [4.78, 5) is 0. The molecule has 3 heteroatoms. The Morgan fingerprint density at radius 3 is 2.83 bits per heavy atom. The van der Waals surface area contributed by atoms with Crippen LogP contribution in [0.4, 0.5) is 0 Å². The zero-order chi connectivity index (χ0) is 17.2. The first-order valence-electron chi connectivity index (χ1n) is 8.84. The van der Waals surface area contributed by atoms with Crippen LogP contribution in [0.25, 0.3) is 0 Å². The van der Waals surface area contributed by atoms with Gasteiger partial charge >= 0.3 is 0 Å². The number of aliphatic hydroxyl groups is 1. The van der Waals surface area contributed by atoms with Gasteiger partial charge < -0.3 is 15.6 Å². The lowest BCUT2D eigenvalue weighted by atomic mass is 9.84. The number of ether oxygens (including phenoxy) is 1. The number of hydrogen-bond acceptors (Lipinski definition) is 3. The quantitative estimate of drug-likeness (QED) is 0.520. The molecule has 3 nitrogen and oxygen atoms in total. The van der Waals surface area contributed by atoms with Crippen LogP contribution in [0.15, 0.2) is 65.9 Å². The Labute approximate surface area is 145 Å². The molecule has 0 bridgehead atoms. The van der Waals surface area contributed by atoms with Gasteiger partial charge in [0.1, 0.15) is 0 Å². The van der Waals surface area contributed by atoms with E-state index in [1.54, 1.807) is 6.08 Å². The third-order valence-electron chi connectivity index (χ3n) is 4.32. The molecule has 0 spiro atoms. The van der Waals surface area contributed by atoms with Crippen molar-refractivity contribution >= 4 is 0 Å². The summed E-state index contributed by atoms with van der Waals surface area (Å²) in [6.07, 6.45) is 12.3. The van der Waals surface area contributed by atoms with Crippen LogP contribution < -0.4 is 5.73 Å². The van der Waals surface area contributed by atoms with Gasteiger partial charge in [-0.1, -0.05) is 61.4 Å². The molecule has 0 saturated carbocycles. The van der Waals surface area contributed by atoms with Crippen molar-refractivity contribution in [1.29, 1.82) is 0 Å². The summed E-state index contributed by atoms with van der Waals surface area (Å²) in [5, 5.41) is 9.87. The van der Waals surface area contributed by atoms with Gasteiger partial charge in [0.15, 0.2) is 6.29 Å². The van der Waals surface area contributed by atoms with Crippen molar-refractivity contribution in [3.63, 3.8) is 0 Å². The van der Waals surface area contributed by atoms with Gasteiger partial charge in [-0.2, -0.15) is 0 Å². The third kappa shape index (κ3) is 6.34. The van der Waals surface area contributed by atoms with Gasteiger partial charge in [0, 0.05) is 5.70 Å². The molecule has 2 unspecified atom stereocenters. The molecule has 0 radical (unpaired) electrons. The molecule has 0 aliphatic heterocycles. The van der Waals surface area contributed by atoms with Crippen LogP contribution in [-0.2, 0) is 11.3 Å². The van der Waals surface area contributed by atoms with Crippen molar-refractivity contribution in [2.24, 2.45) is 11.7 Å². The average Bonchev–Trinajstić information content (AvgIpc) is 2.59. The number of aliphatic hydroxyl groups excluding tert-OH is 1. The average molecular weight is 327 g/mol. The van der Waals surface area contributed by atoms with Crippen LogP contribution in [0.1, 0.15) is 44.6 Å². The fraction of sp³-hybridized carbons (Fsp3) is 0.429. The molecule has 1 aliphatic carbocycles. The number of rotatable bonds is 9. The van der Waals surface area contributed by atoms with E-state index in [0.29, 0.717) is 12.5 Å². The number of nitrogens with two attached hydrogens (primary N) is 1. The molecule has 130 valence electrons. The Bertz CT molecular complexity index is 575. The van der Waals surface area contributed by atoms with Crippen molar-refractivity contribution < 1.29 is 9.84 Å². The molecule has 2 rings (SSSR count). The van der Waals surface area contributed by atoms with Crippen LogP contribution in [-0.4, -0.2) is 11.4 Å². The van der Waals surface area contributed by atoms with Crippen molar-refractivity contribution in [3.8, 4) is 0 Å². The number of allylic oxidation sites excluding steroid dienone is 5. The van der Waals surface area contributed by atoms with Gasteiger partial charge in [-0.3, -0.25) is 0 Å². The van der Waals surface area contributed by atoms with Crippen LogP contribution in [0.2, 0.25) is 0 Å². The van der Waals surface area contributed by atoms with Gasteiger partial charge in [0.2, 0.25) is 0 Å². The molecule has 0 saturated heterocycles. The van der Waals surface area contributed by atoms with Gasteiger partial charge in [-0.05, 0) is 49.3 Å². The highest BCUT2D eigenvalue weighted by Crippen LogP contribution is 2.30. The van der Waals surface area contributed by atoms with Crippen LogP contribution >= 0.6 is 0 Å². The summed E-state index contributed by atoms with van der Waals surface area (Å²) in [5.74, 6) is 0.577. The highest BCUT2D eigenvalue weighted by molar-refractivity contribution is 5.25. The molecule has 1 aliphatic rings. The van der Waals surface area contributed by atoms with Gasteiger partial charge in [-0.15, -0.1) is 0 Å². The minimum atomic E-state index is -0.854. The monoisotopic (exact) mass is 327 g/mol. The van der Waals surface area contributed by atoms with Crippen LogP contribution in [0.5, 0.6) is 0 Å². The van der Waals surface area contributed by atoms with E-state index < -0.39 is 6.29 Å². The van der Waals surface area contributed by atoms with E-state index in [1.165, 1.54) is 18.4 Å². The molecule has 24 heavy (non-hydrogen) atoms. The maximum Gasteiger partial charge on any atom is 0.174 e. The maximum atomic E-state index is 9.87. The minimum absolute atomic E-state index is 0.417. The second kappa shape index (κ2) is 10.1. The molecule has 1 aromatic carbocycles. The normalized spacial score (nSPS) is 19.2. The summed E-state index contributed by atoms with van der Waals surface area (Å²) < 4.78 is 5.42. The minimum Gasteiger partial charge on any atom is -0.402 e. The van der Waals surface area contributed by atoms with Crippen molar-refractivity contribution in [1.82, 2.24) is 0 Å². The van der Waals surface area contributed by atoms with E-state index in [9.17, 15) is 5.11 Å². The highest BCUT2D eigenvalue weighted by atomic mass is 16.6. The SMILES string of the molecule is CCCC1CC(N)=CC=C1CC/C=C/C(O)OCc1ccccc1. The first-order valence-corrected chi connectivity index (χ1v) is 8.84. The third-order valence-corrected chi connectivity index (χ3v) is 4.32. The highest BCUT2D eigenvalue weighted by Gasteiger charge is 2.16. The Balaban J connectivity index is 1.73. The van der Waals surface area contributed by atoms with E-state index in [1.807, 2.05) is 42.5 Å². The number of benzene rings is 1. The molecular weight excluding hydrogens is 298 g/mol. The Hall–Kier alpha value is -1.84. The number of hydrogen-bond donors (Lipinski definition) is 2. The molecule has 0 fully saturated rings. The maximum absolute atomic E-state index is 9.87. The van der Waals surface area contributed by atoms with Crippen molar-refractivity contribution in [3.05, 3.63) is 71.5 Å². The molecule has 0 heterocycles. The first kappa shape index (κ1) is 18.5. The predicted molar refractivity (Wildman–Crippen MR) is 99.0 cm³/mol. The van der Waals surface area contributed by atoms with E-state index >= 15 is 0 Å². The Morgan fingerprint density at radius 2 is 2.08 bits per heavy atom. The molecule has 0 amide bonds. The second-order valence-electron chi connectivity index (χ2n) is 6.33. The standard InChI is InChI=1S/C21H29NO2/c1-2-8-19-15-20(22)14-13-18(19)11-6-7-12-21(23)24-16-17-9-4-3-5-10-17/h3-5,7,9-10,12-14,19,21,23H,2,6,8,11,15-16,22H2,1H3/b12-7+. The van der Waals surface area contributed by atoms with E-state index in [2.05, 4.69) is 13.0 Å².